The van der Waals surface area contributed by atoms with Crippen LogP contribution in [0.5, 0.6) is 0 Å². The quantitative estimate of drug-likeness (QED) is 0.594. The molecular formula is C19H21N3O3S. The fourth-order valence-electron chi connectivity index (χ4n) is 2.70. The third-order valence-electron chi connectivity index (χ3n) is 3.90. The first-order chi connectivity index (χ1) is 12.5. The number of nitrogens with one attached hydrogen (secondary N) is 1. The molecule has 6 nitrogen and oxygen atoms in total. The average molecular weight is 371 g/mol. The van der Waals surface area contributed by atoms with E-state index in [0.717, 1.165) is 22.8 Å². The predicted octanol–water partition coefficient (Wildman–Crippen LogP) is 3.54. The second-order valence-electron chi connectivity index (χ2n) is 5.60. The van der Waals surface area contributed by atoms with Gasteiger partial charge in [0.15, 0.2) is 6.61 Å². The summed E-state index contributed by atoms with van der Waals surface area (Å²) in [6.07, 6.45) is 0. The Labute approximate surface area is 157 Å². The minimum atomic E-state index is -0.514. The van der Waals surface area contributed by atoms with E-state index in [0.29, 0.717) is 11.3 Å². The smallest absolute Gasteiger partial charge is 0.340 e. The molecule has 1 aromatic carbocycles. The lowest BCUT2D eigenvalue weighted by molar-refractivity contribution is -0.119. The van der Waals surface area contributed by atoms with Gasteiger partial charge in [-0.3, -0.25) is 4.79 Å². The molecule has 0 fully saturated rings. The number of carbonyl (C=O) groups excluding carboxylic acids is 2. The van der Waals surface area contributed by atoms with Crippen LogP contribution in [0.25, 0.3) is 0 Å². The lowest BCUT2D eigenvalue weighted by atomic mass is 10.2. The number of hydrogen-bond donors (Lipinski definition) is 1. The van der Waals surface area contributed by atoms with Crippen LogP contribution in [0.4, 0.5) is 5.69 Å². The van der Waals surface area contributed by atoms with Crippen molar-refractivity contribution >= 4 is 29.3 Å². The van der Waals surface area contributed by atoms with E-state index in [9.17, 15) is 9.59 Å². The number of nitrogens with zero attached hydrogens (tertiary/aromatic N) is 2. The molecule has 0 saturated carbocycles. The summed E-state index contributed by atoms with van der Waals surface area (Å²) >= 11 is 1.33. The maximum atomic E-state index is 12.3. The minimum absolute atomic E-state index is 0.287. The molecule has 2 rings (SSSR count). The van der Waals surface area contributed by atoms with Crippen molar-refractivity contribution in [1.82, 2.24) is 4.57 Å². The monoisotopic (exact) mass is 371 g/mol. The van der Waals surface area contributed by atoms with Crippen LogP contribution in [-0.2, 0) is 16.1 Å². The lowest BCUT2D eigenvalue weighted by Crippen LogP contribution is -2.21. The van der Waals surface area contributed by atoms with Crippen LogP contribution in [0.2, 0.25) is 0 Å². The van der Waals surface area contributed by atoms with Crippen LogP contribution in [0, 0.1) is 25.2 Å². The van der Waals surface area contributed by atoms with E-state index >= 15 is 0 Å². The molecule has 1 amide bonds. The number of rotatable bonds is 7. The summed E-state index contributed by atoms with van der Waals surface area (Å²) in [6, 6.07) is 11.0. The van der Waals surface area contributed by atoms with E-state index in [1.54, 1.807) is 18.2 Å². The zero-order chi connectivity index (χ0) is 19.1. The molecule has 0 atom stereocenters. The summed E-state index contributed by atoms with van der Waals surface area (Å²) in [4.78, 5) is 25.2. The normalized spacial score (nSPS) is 10.2. The Morgan fingerprint density at radius 3 is 2.69 bits per heavy atom. The Bertz CT molecular complexity index is 852. The minimum Gasteiger partial charge on any atom is -0.452 e. The Hall–Kier alpha value is -2.72. The van der Waals surface area contributed by atoms with Crippen LogP contribution < -0.4 is 5.32 Å². The zero-order valence-electron chi connectivity index (χ0n) is 15.0. The van der Waals surface area contributed by atoms with Gasteiger partial charge in [-0.1, -0.05) is 12.1 Å². The highest BCUT2D eigenvalue weighted by molar-refractivity contribution is 7.99. The molecule has 0 aliphatic heterocycles. The number of nitriles is 1. The topological polar surface area (TPSA) is 84.1 Å². The molecule has 0 unspecified atom stereocenters. The first-order valence-electron chi connectivity index (χ1n) is 8.20. The van der Waals surface area contributed by atoms with Crippen LogP contribution in [-0.4, -0.2) is 28.8 Å². The van der Waals surface area contributed by atoms with E-state index in [4.69, 9.17) is 10.00 Å². The number of benzene rings is 1. The third-order valence-corrected chi connectivity index (χ3v) is 4.84. The van der Waals surface area contributed by atoms with Gasteiger partial charge in [-0.2, -0.15) is 5.26 Å². The Kier molecular flexibility index (Phi) is 6.87. The molecule has 0 bridgehead atoms. The first kappa shape index (κ1) is 19.6. The van der Waals surface area contributed by atoms with Gasteiger partial charge in [0.1, 0.15) is 0 Å². The van der Waals surface area contributed by atoms with E-state index in [1.165, 1.54) is 11.8 Å². The van der Waals surface area contributed by atoms with Crippen LogP contribution in [0.15, 0.2) is 35.2 Å². The molecule has 0 spiro atoms. The highest BCUT2D eigenvalue weighted by atomic mass is 32.2. The molecule has 1 heterocycles. The molecule has 1 aromatic heterocycles. The highest BCUT2D eigenvalue weighted by Crippen LogP contribution is 2.26. The molecule has 2 aromatic rings. The van der Waals surface area contributed by atoms with Crippen molar-refractivity contribution in [2.45, 2.75) is 32.2 Å². The molecule has 26 heavy (non-hydrogen) atoms. The fourth-order valence-corrected chi connectivity index (χ4v) is 3.36. The van der Waals surface area contributed by atoms with Gasteiger partial charge in [-0.15, -0.1) is 11.8 Å². The maximum Gasteiger partial charge on any atom is 0.340 e. The van der Waals surface area contributed by atoms with Crippen LogP contribution in [0.1, 0.15) is 28.7 Å². The summed E-state index contributed by atoms with van der Waals surface area (Å²) < 4.78 is 7.17. The largest absolute Gasteiger partial charge is 0.452 e. The van der Waals surface area contributed by atoms with Gasteiger partial charge in [-0.25, -0.2) is 4.79 Å². The van der Waals surface area contributed by atoms with Crippen LogP contribution in [0.3, 0.4) is 0 Å². The molecular weight excluding hydrogens is 350 g/mol. The Morgan fingerprint density at radius 2 is 2.04 bits per heavy atom. The second-order valence-corrected chi connectivity index (χ2v) is 6.61. The van der Waals surface area contributed by atoms with Gasteiger partial charge >= 0.3 is 5.97 Å². The van der Waals surface area contributed by atoms with Crippen molar-refractivity contribution in [2.24, 2.45) is 0 Å². The Morgan fingerprint density at radius 1 is 1.31 bits per heavy atom. The number of hydrogen-bond acceptors (Lipinski definition) is 5. The van der Waals surface area contributed by atoms with E-state index in [2.05, 4.69) is 11.4 Å². The standard InChI is InChI=1S/C19H21N3O3S/c1-4-22-13(2)11-15(14(22)3)19(24)25-12-18(23)21-16-7-5-6-8-17(16)26-10-9-20/h5-8,11H,4,10,12H2,1-3H3,(H,21,23). The number of anilines is 1. The number of aromatic nitrogens is 1. The predicted molar refractivity (Wildman–Crippen MR) is 101 cm³/mol. The van der Waals surface area contributed by atoms with Gasteiger partial charge in [0, 0.05) is 22.8 Å². The number of para-hydroxylation sites is 1. The van der Waals surface area contributed by atoms with Crippen molar-refractivity contribution in [3.63, 3.8) is 0 Å². The van der Waals surface area contributed by atoms with Gasteiger partial charge in [0.2, 0.25) is 0 Å². The lowest BCUT2D eigenvalue weighted by Gasteiger charge is -2.10. The Balaban J connectivity index is 1.97. The number of amides is 1. The fraction of sp³-hybridized carbons (Fsp3) is 0.316. The first-order valence-corrected chi connectivity index (χ1v) is 9.19. The van der Waals surface area contributed by atoms with Crippen molar-refractivity contribution in [3.8, 4) is 6.07 Å². The average Bonchev–Trinajstić information content (AvgIpc) is 2.92. The zero-order valence-corrected chi connectivity index (χ0v) is 15.9. The molecule has 0 aliphatic carbocycles. The van der Waals surface area contributed by atoms with Crippen LogP contribution >= 0.6 is 11.8 Å². The summed E-state index contributed by atoms with van der Waals surface area (Å²) in [5, 5.41) is 11.4. The summed E-state index contributed by atoms with van der Waals surface area (Å²) in [5.74, 6) is -0.651. The SMILES string of the molecule is CCn1c(C)cc(C(=O)OCC(=O)Nc2ccccc2SCC#N)c1C. The molecule has 1 N–H and O–H groups in total. The van der Waals surface area contributed by atoms with Crippen molar-refractivity contribution in [2.75, 3.05) is 17.7 Å². The van der Waals surface area contributed by atoms with Crippen molar-refractivity contribution < 1.29 is 14.3 Å². The third kappa shape index (κ3) is 4.67. The van der Waals surface area contributed by atoms with Gasteiger partial charge in [-0.05, 0) is 39.0 Å². The van der Waals surface area contributed by atoms with Crippen molar-refractivity contribution in [1.29, 1.82) is 5.26 Å². The molecule has 0 saturated heterocycles. The van der Waals surface area contributed by atoms with Gasteiger partial charge in [0.05, 0.1) is 23.1 Å². The second kappa shape index (κ2) is 9.11. The van der Waals surface area contributed by atoms with E-state index < -0.39 is 11.9 Å². The summed E-state index contributed by atoms with van der Waals surface area (Å²) in [6.45, 7) is 6.18. The van der Waals surface area contributed by atoms with Gasteiger partial charge < -0.3 is 14.6 Å². The highest BCUT2D eigenvalue weighted by Gasteiger charge is 2.17. The number of esters is 1. The van der Waals surface area contributed by atoms with E-state index in [1.807, 2.05) is 37.5 Å². The molecule has 0 aliphatic rings. The number of thioether (sulfide) groups is 1. The molecule has 136 valence electrons. The number of aryl methyl sites for hydroxylation is 1. The summed E-state index contributed by atoms with van der Waals surface area (Å²) in [5.41, 5.74) is 2.87. The molecule has 0 radical (unpaired) electrons. The van der Waals surface area contributed by atoms with E-state index in [-0.39, 0.29) is 12.4 Å². The van der Waals surface area contributed by atoms with Crippen molar-refractivity contribution in [3.05, 3.63) is 47.3 Å². The molecule has 7 heteroatoms. The van der Waals surface area contributed by atoms with Gasteiger partial charge in [0.25, 0.3) is 5.91 Å². The summed E-state index contributed by atoms with van der Waals surface area (Å²) in [7, 11) is 0. The number of carbonyl (C=O) groups is 2. The number of ether oxygens (including phenoxy) is 1. The maximum absolute atomic E-state index is 12.3.